The van der Waals surface area contributed by atoms with E-state index in [2.05, 4.69) is 78.9 Å². The maximum Gasteiger partial charge on any atom is 0.146 e. The van der Waals surface area contributed by atoms with Gasteiger partial charge in [-0.1, -0.05) is 133 Å². The fourth-order valence-corrected chi connectivity index (χ4v) is 6.02. The summed E-state index contributed by atoms with van der Waals surface area (Å²) in [5.41, 5.74) is 6.44. The van der Waals surface area contributed by atoms with Crippen LogP contribution in [0.2, 0.25) is 0 Å². The average molecular weight is 528 g/mol. The Morgan fingerprint density at radius 3 is 1.71 bits per heavy atom. The van der Waals surface area contributed by atoms with Crippen LogP contribution in [-0.2, 0) is 0 Å². The third kappa shape index (κ3) is 3.76. The number of benzene rings is 7. The van der Waals surface area contributed by atoms with Crippen molar-refractivity contribution >= 4 is 32.6 Å². The SMILES string of the molecule is [2H]c1c([2H])c([2H])c(-n2c(-c3ccccc3-c3c4ccccc4c(-c4ccccc4)c4ccccc34)nc3ccccc32)c([2H])c1[2H]. The molecule has 0 spiro atoms. The molecule has 0 aliphatic carbocycles. The lowest BCUT2D eigenvalue weighted by Gasteiger charge is -2.20. The van der Waals surface area contributed by atoms with Gasteiger partial charge in [0.2, 0.25) is 0 Å². The summed E-state index contributed by atoms with van der Waals surface area (Å²) in [7, 11) is 0. The van der Waals surface area contributed by atoms with Crippen molar-refractivity contribution in [2.45, 2.75) is 0 Å². The highest BCUT2D eigenvalue weighted by Crippen LogP contribution is 2.46. The first-order valence-electron chi connectivity index (χ1n) is 16.1. The van der Waals surface area contributed by atoms with Crippen molar-refractivity contribution < 1.29 is 6.85 Å². The van der Waals surface area contributed by atoms with Gasteiger partial charge in [-0.15, -0.1) is 0 Å². The Kier molecular flexibility index (Phi) is 4.40. The zero-order chi connectivity index (χ0) is 31.5. The summed E-state index contributed by atoms with van der Waals surface area (Å²) in [6.07, 6.45) is 0. The lowest BCUT2D eigenvalue weighted by molar-refractivity contribution is 1.10. The molecular weight excluding hydrogens is 496 g/mol. The molecule has 0 fully saturated rings. The van der Waals surface area contributed by atoms with Gasteiger partial charge in [-0.2, -0.15) is 0 Å². The van der Waals surface area contributed by atoms with E-state index >= 15 is 0 Å². The molecule has 0 unspecified atom stereocenters. The van der Waals surface area contributed by atoms with Crippen LogP contribution in [0.1, 0.15) is 6.85 Å². The Balaban J connectivity index is 1.51. The van der Waals surface area contributed by atoms with Gasteiger partial charge in [0.1, 0.15) is 5.82 Å². The predicted molar refractivity (Wildman–Crippen MR) is 172 cm³/mol. The van der Waals surface area contributed by atoms with Gasteiger partial charge in [0.25, 0.3) is 0 Å². The molecule has 0 N–H and O–H groups in total. The summed E-state index contributed by atoms with van der Waals surface area (Å²) in [4.78, 5) is 5.06. The highest BCUT2D eigenvalue weighted by atomic mass is 15.1. The van der Waals surface area contributed by atoms with Crippen LogP contribution in [0.4, 0.5) is 0 Å². The number of para-hydroxylation sites is 3. The van der Waals surface area contributed by atoms with Crippen LogP contribution in [0.5, 0.6) is 0 Å². The van der Waals surface area contributed by atoms with Crippen LogP contribution in [-0.4, -0.2) is 9.55 Å². The molecule has 0 bridgehead atoms. The molecule has 0 aliphatic rings. The molecule has 8 aromatic rings. The molecule has 0 saturated heterocycles. The molecule has 0 saturated carbocycles. The van der Waals surface area contributed by atoms with Crippen molar-refractivity contribution in [2.75, 3.05) is 0 Å². The van der Waals surface area contributed by atoms with Crippen molar-refractivity contribution in [3.8, 4) is 39.3 Å². The third-order valence-electron chi connectivity index (χ3n) is 7.70. The van der Waals surface area contributed by atoms with Crippen LogP contribution >= 0.6 is 0 Å². The van der Waals surface area contributed by atoms with Crippen molar-refractivity contribution in [1.29, 1.82) is 0 Å². The molecule has 8 rings (SSSR count). The van der Waals surface area contributed by atoms with Gasteiger partial charge >= 0.3 is 0 Å². The summed E-state index contributed by atoms with van der Waals surface area (Å²) in [6, 6.07) is 41.1. The summed E-state index contributed by atoms with van der Waals surface area (Å²) in [5, 5.41) is 4.41. The van der Waals surface area contributed by atoms with E-state index in [9.17, 15) is 0 Å². The molecule has 7 aromatic carbocycles. The summed E-state index contributed by atoms with van der Waals surface area (Å²) in [5.74, 6) is 0.496. The highest BCUT2D eigenvalue weighted by molar-refractivity contribution is 6.22. The first-order chi connectivity index (χ1) is 22.5. The molecule has 0 radical (unpaired) electrons. The quantitative estimate of drug-likeness (QED) is 0.208. The van der Waals surface area contributed by atoms with Gasteiger partial charge in [0.05, 0.1) is 17.9 Å². The molecule has 2 nitrogen and oxygen atoms in total. The Hall–Kier alpha value is -5.47. The minimum absolute atomic E-state index is 0.0682. The van der Waals surface area contributed by atoms with Crippen LogP contribution in [0, 0.1) is 0 Å². The van der Waals surface area contributed by atoms with Gasteiger partial charge in [-0.05, 0) is 68.0 Å². The minimum Gasteiger partial charge on any atom is -0.292 e. The van der Waals surface area contributed by atoms with E-state index in [0.717, 1.165) is 43.8 Å². The van der Waals surface area contributed by atoms with Crippen molar-refractivity contribution in [3.05, 3.63) is 158 Å². The lowest BCUT2D eigenvalue weighted by Crippen LogP contribution is -1.99. The molecule has 41 heavy (non-hydrogen) atoms. The molecule has 0 amide bonds. The zero-order valence-electron chi connectivity index (χ0n) is 27.0. The highest BCUT2D eigenvalue weighted by Gasteiger charge is 2.21. The number of aromatic nitrogens is 2. The first kappa shape index (κ1) is 18.8. The molecule has 1 heterocycles. The van der Waals surface area contributed by atoms with E-state index in [1.165, 1.54) is 5.56 Å². The van der Waals surface area contributed by atoms with Gasteiger partial charge < -0.3 is 0 Å². The number of imidazole rings is 1. The molecule has 0 aliphatic heterocycles. The van der Waals surface area contributed by atoms with Crippen LogP contribution < -0.4 is 0 Å². The maximum atomic E-state index is 8.86. The maximum absolute atomic E-state index is 8.86. The summed E-state index contributed by atoms with van der Waals surface area (Å²) in [6.45, 7) is 0. The van der Waals surface area contributed by atoms with E-state index in [0.29, 0.717) is 16.9 Å². The fourth-order valence-electron chi connectivity index (χ4n) is 6.02. The second kappa shape index (κ2) is 9.62. The van der Waals surface area contributed by atoms with E-state index < -0.39 is 6.04 Å². The Labute approximate surface area is 245 Å². The third-order valence-corrected chi connectivity index (χ3v) is 7.70. The standard InChI is InChI=1S/C39H26N2/c1-3-15-27(16-4-1)37-29-19-7-9-21-31(29)38(32-22-10-8-20-30(32)37)33-23-11-12-24-34(33)39-40-35-25-13-14-26-36(35)41(39)28-17-5-2-6-18-28/h1-26H/i2D,5D,6D,17D,18D. The van der Waals surface area contributed by atoms with Crippen LogP contribution in [0.3, 0.4) is 0 Å². The molecule has 0 atom stereocenters. The van der Waals surface area contributed by atoms with E-state index in [4.69, 9.17) is 11.8 Å². The number of nitrogens with zero attached hydrogens (tertiary/aromatic N) is 2. The van der Waals surface area contributed by atoms with Crippen LogP contribution in [0.15, 0.2) is 158 Å². The minimum atomic E-state index is -0.429. The molecule has 1 aromatic heterocycles. The Bertz CT molecular complexity index is 2400. The van der Waals surface area contributed by atoms with Crippen molar-refractivity contribution in [1.82, 2.24) is 9.55 Å². The van der Waals surface area contributed by atoms with Gasteiger partial charge in [-0.3, -0.25) is 4.57 Å². The molecule has 192 valence electrons. The smallest absolute Gasteiger partial charge is 0.146 e. The van der Waals surface area contributed by atoms with E-state index in [1.54, 1.807) is 4.57 Å². The number of fused-ring (bicyclic) bond motifs is 3. The van der Waals surface area contributed by atoms with Crippen molar-refractivity contribution in [2.24, 2.45) is 0 Å². The summed E-state index contributed by atoms with van der Waals surface area (Å²) >= 11 is 0. The summed E-state index contributed by atoms with van der Waals surface area (Å²) < 4.78 is 44.5. The largest absolute Gasteiger partial charge is 0.292 e. The second-order valence-corrected chi connectivity index (χ2v) is 9.99. The fraction of sp³-hybridized carbons (Fsp3) is 0. The van der Waals surface area contributed by atoms with Crippen LogP contribution in [0.25, 0.3) is 71.9 Å². The van der Waals surface area contributed by atoms with Gasteiger partial charge in [0, 0.05) is 11.3 Å². The topological polar surface area (TPSA) is 17.8 Å². The Morgan fingerprint density at radius 2 is 1.02 bits per heavy atom. The van der Waals surface area contributed by atoms with Gasteiger partial charge in [-0.25, -0.2) is 4.98 Å². The van der Waals surface area contributed by atoms with E-state index in [1.807, 2.05) is 48.5 Å². The Morgan fingerprint density at radius 1 is 0.488 bits per heavy atom. The average Bonchev–Trinajstić information content (AvgIpc) is 3.48. The molecular formula is C39H26N2. The number of hydrogen-bond acceptors (Lipinski definition) is 1. The number of hydrogen-bond donors (Lipinski definition) is 0. The van der Waals surface area contributed by atoms with Crippen molar-refractivity contribution in [3.63, 3.8) is 0 Å². The zero-order valence-corrected chi connectivity index (χ0v) is 22.0. The van der Waals surface area contributed by atoms with E-state index in [-0.39, 0.29) is 29.9 Å². The lowest BCUT2D eigenvalue weighted by atomic mass is 9.84. The van der Waals surface area contributed by atoms with Gasteiger partial charge in [0.15, 0.2) is 0 Å². The second-order valence-electron chi connectivity index (χ2n) is 9.99. The monoisotopic (exact) mass is 527 g/mol. The number of rotatable bonds is 4. The first-order valence-corrected chi connectivity index (χ1v) is 13.6. The molecule has 2 heteroatoms. The normalized spacial score (nSPS) is 13.1. The predicted octanol–water partition coefficient (Wildman–Crippen LogP) is 10.3.